The maximum Gasteiger partial charge on any atom is 0.227 e. The molecule has 1 saturated heterocycles. The minimum atomic E-state index is -0.632. The van der Waals surface area contributed by atoms with Crippen molar-refractivity contribution in [1.82, 2.24) is 10.2 Å². The number of piperidine rings is 1. The highest BCUT2D eigenvalue weighted by molar-refractivity contribution is 6.42. The molecule has 1 unspecified atom stereocenters. The molecule has 1 atom stereocenters. The zero-order valence-corrected chi connectivity index (χ0v) is 23.7. The molecule has 40 heavy (non-hydrogen) atoms. The summed E-state index contributed by atoms with van der Waals surface area (Å²) in [6.45, 7) is 6.46. The third-order valence-electron chi connectivity index (χ3n) is 7.94. The van der Waals surface area contributed by atoms with Crippen LogP contribution in [0.1, 0.15) is 41.9 Å². The number of carbonyl (C=O) groups is 1. The molecule has 0 saturated carbocycles. The van der Waals surface area contributed by atoms with E-state index in [0.29, 0.717) is 41.7 Å². The number of nitrogens with zero attached hydrogens (tertiary/aromatic N) is 2. The van der Waals surface area contributed by atoms with Crippen molar-refractivity contribution < 1.29 is 18.3 Å². The summed E-state index contributed by atoms with van der Waals surface area (Å²) >= 11 is 12.4. The molecule has 5 rings (SSSR count). The van der Waals surface area contributed by atoms with Crippen molar-refractivity contribution in [3.8, 4) is 0 Å². The highest BCUT2D eigenvalue weighted by Gasteiger charge is 2.44. The van der Waals surface area contributed by atoms with Gasteiger partial charge in [-0.3, -0.25) is 4.79 Å². The van der Waals surface area contributed by atoms with E-state index in [1.807, 2.05) is 18.0 Å². The summed E-state index contributed by atoms with van der Waals surface area (Å²) in [5, 5.41) is 3.80. The standard InChI is InChI=1S/C31H31Cl2F2N3O2/c1-20-37(2)29-10-8-24(35)18-26(29)31(40-20)12-15-38(16-13-31)14-11-25(22-5-9-27(32)28(33)17-22)30(39)36-19-21-3-6-23(34)7-4-21/h3-10,17-18,25H,1,11-16,19H2,2H3,(H,36,39). The lowest BCUT2D eigenvalue weighted by atomic mass is 9.81. The summed E-state index contributed by atoms with van der Waals surface area (Å²) in [6, 6.07) is 16.1. The van der Waals surface area contributed by atoms with E-state index in [-0.39, 0.29) is 24.1 Å². The first-order valence-corrected chi connectivity index (χ1v) is 14.0. The summed E-state index contributed by atoms with van der Waals surface area (Å²) in [4.78, 5) is 17.5. The molecule has 0 aromatic heterocycles. The monoisotopic (exact) mass is 585 g/mol. The Balaban J connectivity index is 1.27. The lowest BCUT2D eigenvalue weighted by Crippen LogP contribution is -2.48. The number of rotatable bonds is 7. The van der Waals surface area contributed by atoms with Gasteiger partial charge in [-0.2, -0.15) is 0 Å². The average Bonchev–Trinajstić information content (AvgIpc) is 2.94. The Labute approximate surface area is 243 Å². The van der Waals surface area contributed by atoms with E-state index < -0.39 is 11.5 Å². The number of carbonyl (C=O) groups excluding carboxylic acids is 1. The number of benzene rings is 3. The van der Waals surface area contributed by atoms with Gasteiger partial charge in [0.25, 0.3) is 0 Å². The Bertz CT molecular complexity index is 1410. The van der Waals surface area contributed by atoms with Crippen LogP contribution in [0.15, 0.2) is 73.1 Å². The van der Waals surface area contributed by atoms with E-state index in [1.165, 1.54) is 18.2 Å². The number of hydrogen-bond donors (Lipinski definition) is 1. The molecule has 2 aliphatic heterocycles. The van der Waals surface area contributed by atoms with E-state index in [2.05, 4.69) is 16.8 Å². The zero-order valence-electron chi connectivity index (χ0n) is 22.2. The van der Waals surface area contributed by atoms with Gasteiger partial charge in [0, 0.05) is 45.1 Å². The van der Waals surface area contributed by atoms with Crippen molar-refractivity contribution in [3.05, 3.63) is 111 Å². The first-order valence-electron chi connectivity index (χ1n) is 13.3. The van der Waals surface area contributed by atoms with E-state index >= 15 is 0 Å². The number of nitrogens with one attached hydrogen (secondary N) is 1. The molecular weight excluding hydrogens is 555 g/mol. The molecule has 2 aliphatic rings. The third-order valence-corrected chi connectivity index (χ3v) is 8.68. The van der Waals surface area contributed by atoms with Gasteiger partial charge in [0.05, 0.1) is 21.7 Å². The van der Waals surface area contributed by atoms with Crippen molar-refractivity contribution in [2.24, 2.45) is 0 Å². The van der Waals surface area contributed by atoms with Crippen LogP contribution in [0.2, 0.25) is 10.0 Å². The number of amides is 1. The Kier molecular flexibility index (Phi) is 8.36. The smallest absolute Gasteiger partial charge is 0.227 e. The van der Waals surface area contributed by atoms with E-state index in [4.69, 9.17) is 27.9 Å². The fourth-order valence-electron chi connectivity index (χ4n) is 5.56. The van der Waals surface area contributed by atoms with Gasteiger partial charge in [0.2, 0.25) is 5.91 Å². The number of ether oxygens (including phenoxy) is 1. The Morgan fingerprint density at radius 2 is 1.73 bits per heavy atom. The maximum atomic E-state index is 14.2. The topological polar surface area (TPSA) is 44.8 Å². The zero-order chi connectivity index (χ0) is 28.4. The minimum Gasteiger partial charge on any atom is -0.468 e. The summed E-state index contributed by atoms with van der Waals surface area (Å²) in [7, 11) is 1.87. The van der Waals surface area contributed by atoms with Gasteiger partial charge in [-0.25, -0.2) is 8.78 Å². The van der Waals surface area contributed by atoms with Gasteiger partial charge in [-0.1, -0.05) is 41.4 Å². The van der Waals surface area contributed by atoms with Crippen LogP contribution in [0.3, 0.4) is 0 Å². The number of fused-ring (bicyclic) bond motifs is 2. The van der Waals surface area contributed by atoms with Crippen LogP contribution >= 0.6 is 23.2 Å². The second-order valence-corrected chi connectivity index (χ2v) is 11.2. The molecule has 1 fully saturated rings. The van der Waals surface area contributed by atoms with Gasteiger partial charge >= 0.3 is 0 Å². The maximum absolute atomic E-state index is 14.2. The second-order valence-electron chi connectivity index (χ2n) is 10.4. The summed E-state index contributed by atoms with van der Waals surface area (Å²) in [5.74, 6) is -0.669. The normalized spacial score (nSPS) is 17.3. The van der Waals surface area contributed by atoms with E-state index in [1.54, 1.807) is 36.4 Å². The number of anilines is 1. The van der Waals surface area contributed by atoms with Crippen LogP contribution in [0.4, 0.5) is 14.5 Å². The highest BCUT2D eigenvalue weighted by atomic mass is 35.5. The predicted molar refractivity (Wildman–Crippen MR) is 154 cm³/mol. The molecule has 0 bridgehead atoms. The highest BCUT2D eigenvalue weighted by Crippen LogP contribution is 2.47. The number of hydrogen-bond acceptors (Lipinski definition) is 4. The first-order chi connectivity index (χ1) is 19.1. The van der Waals surface area contributed by atoms with Gasteiger partial charge in [-0.15, -0.1) is 0 Å². The van der Waals surface area contributed by atoms with Crippen LogP contribution in [-0.2, 0) is 21.7 Å². The molecule has 1 spiro atoms. The Hall–Kier alpha value is -3.13. The van der Waals surface area contributed by atoms with Crippen molar-refractivity contribution in [3.63, 3.8) is 0 Å². The Morgan fingerprint density at radius 1 is 1.02 bits per heavy atom. The summed E-state index contributed by atoms with van der Waals surface area (Å²) in [5.41, 5.74) is 2.70. The largest absolute Gasteiger partial charge is 0.468 e. The Morgan fingerprint density at radius 3 is 2.42 bits per heavy atom. The second kappa shape index (κ2) is 11.8. The molecule has 0 radical (unpaired) electrons. The van der Waals surface area contributed by atoms with Gasteiger partial charge in [-0.05, 0) is 73.1 Å². The summed E-state index contributed by atoms with van der Waals surface area (Å²) in [6.07, 6.45) is 1.90. The number of likely N-dealkylation sites (tertiary alicyclic amines) is 1. The molecule has 0 aliphatic carbocycles. The van der Waals surface area contributed by atoms with Crippen molar-refractivity contribution >= 4 is 34.8 Å². The molecule has 1 amide bonds. The molecule has 3 aromatic rings. The SMILES string of the molecule is C=C1OC2(CCN(CCC(C(=O)NCc3ccc(F)cc3)c3ccc(Cl)c(Cl)c3)CC2)c2cc(F)ccc2N1C. The van der Waals surface area contributed by atoms with Crippen LogP contribution in [0.5, 0.6) is 0 Å². The van der Waals surface area contributed by atoms with Crippen molar-refractivity contribution in [2.75, 3.05) is 31.6 Å². The van der Waals surface area contributed by atoms with Crippen LogP contribution in [-0.4, -0.2) is 37.5 Å². The van der Waals surface area contributed by atoms with Gasteiger partial charge in [0.1, 0.15) is 17.2 Å². The third kappa shape index (κ3) is 5.97. The van der Waals surface area contributed by atoms with Crippen LogP contribution in [0, 0.1) is 11.6 Å². The first kappa shape index (κ1) is 28.4. The minimum absolute atomic E-state index is 0.143. The van der Waals surface area contributed by atoms with Crippen LogP contribution < -0.4 is 10.2 Å². The van der Waals surface area contributed by atoms with Gasteiger partial charge < -0.3 is 19.9 Å². The fraction of sp³-hybridized carbons (Fsp3) is 0.323. The fourth-order valence-corrected chi connectivity index (χ4v) is 5.87. The molecule has 2 heterocycles. The van der Waals surface area contributed by atoms with Crippen LogP contribution in [0.25, 0.3) is 0 Å². The van der Waals surface area contributed by atoms with Crippen molar-refractivity contribution in [2.45, 2.75) is 37.3 Å². The summed E-state index contributed by atoms with van der Waals surface area (Å²) < 4.78 is 33.8. The lowest BCUT2D eigenvalue weighted by Gasteiger charge is -2.48. The average molecular weight is 587 g/mol. The lowest BCUT2D eigenvalue weighted by molar-refractivity contribution is -0.123. The molecule has 210 valence electrons. The molecule has 3 aromatic carbocycles. The van der Waals surface area contributed by atoms with Gasteiger partial charge in [0.15, 0.2) is 5.88 Å². The van der Waals surface area contributed by atoms with Crippen molar-refractivity contribution in [1.29, 1.82) is 0 Å². The molecular formula is C31H31Cl2F2N3O2. The molecule has 5 nitrogen and oxygen atoms in total. The number of halogens is 4. The molecule has 1 N–H and O–H groups in total. The van der Waals surface area contributed by atoms with E-state index in [9.17, 15) is 13.6 Å². The quantitative estimate of drug-likeness (QED) is 0.324. The van der Waals surface area contributed by atoms with E-state index in [0.717, 1.165) is 35.5 Å². The molecule has 9 heteroatoms. The predicted octanol–water partition coefficient (Wildman–Crippen LogP) is 6.99.